The molecule has 0 radical (unpaired) electrons. The molecule has 0 saturated heterocycles. The number of aryl methyl sites for hydroxylation is 1. The van der Waals surface area contributed by atoms with E-state index in [0.717, 1.165) is 36.9 Å². The maximum Gasteiger partial charge on any atom is 0.432 e. The number of allylic oxidation sites excluding steroid dienone is 1. The Morgan fingerprint density at radius 3 is 2.52 bits per heavy atom. The molecule has 2 atom stereocenters. The average Bonchev–Trinajstić information content (AvgIpc) is 2.97. The van der Waals surface area contributed by atoms with Gasteiger partial charge in [-0.1, -0.05) is 49.2 Å². The molecule has 0 aliphatic heterocycles. The number of benzene rings is 2. The largest absolute Gasteiger partial charge is 0.432 e. The predicted octanol–water partition coefficient (Wildman–Crippen LogP) is 5.03. The van der Waals surface area contributed by atoms with Gasteiger partial charge in [0.25, 0.3) is 5.56 Å². The highest BCUT2D eigenvalue weighted by molar-refractivity contribution is 6.31. The number of carbonyl (C=O) groups excluding carboxylic acids is 1. The van der Waals surface area contributed by atoms with Crippen molar-refractivity contribution in [3.05, 3.63) is 93.3 Å². The Morgan fingerprint density at radius 1 is 1.11 bits per heavy atom. The number of hydrazine groups is 1. The summed E-state index contributed by atoms with van der Waals surface area (Å²) in [7, 11) is 1.92. The van der Waals surface area contributed by atoms with Crippen molar-refractivity contribution in [1.29, 1.82) is 0 Å². The average molecular weight is 634 g/mol. The molecular formula is C31H39ClF3N7O2. The van der Waals surface area contributed by atoms with E-state index in [1.807, 2.05) is 19.2 Å². The van der Waals surface area contributed by atoms with Crippen molar-refractivity contribution in [2.75, 3.05) is 18.6 Å². The fourth-order valence-corrected chi connectivity index (χ4v) is 5.01. The third-order valence-corrected chi connectivity index (χ3v) is 7.60. The van der Waals surface area contributed by atoms with E-state index < -0.39 is 11.9 Å². The molecule has 0 spiro atoms. The lowest BCUT2D eigenvalue weighted by atomic mass is 9.95. The number of amides is 1. The van der Waals surface area contributed by atoms with Crippen molar-refractivity contribution in [3.8, 4) is 11.3 Å². The molecule has 0 aliphatic rings. The highest BCUT2D eigenvalue weighted by atomic mass is 35.5. The first kappa shape index (κ1) is 34.6. The topological polar surface area (TPSA) is 145 Å². The lowest BCUT2D eigenvalue weighted by Crippen LogP contribution is -2.30. The number of unbranched alkanes of at least 4 members (excludes halogenated alkanes) is 1. The van der Waals surface area contributed by atoms with Crippen molar-refractivity contribution >= 4 is 23.2 Å². The number of primary amides is 1. The van der Waals surface area contributed by atoms with Crippen LogP contribution in [0.25, 0.3) is 11.3 Å². The molecule has 0 bridgehead atoms. The van der Waals surface area contributed by atoms with Crippen LogP contribution in [-0.4, -0.2) is 35.2 Å². The van der Waals surface area contributed by atoms with Crippen molar-refractivity contribution < 1.29 is 18.0 Å². The number of nitrogens with one attached hydrogen (secondary N) is 1. The zero-order chi connectivity index (χ0) is 32.4. The molecule has 0 fully saturated rings. The first-order valence-corrected chi connectivity index (χ1v) is 14.7. The Hall–Kier alpha value is -3.87. The maximum atomic E-state index is 13.6. The van der Waals surface area contributed by atoms with Crippen LogP contribution >= 0.6 is 11.6 Å². The van der Waals surface area contributed by atoms with E-state index in [1.54, 1.807) is 6.92 Å². The van der Waals surface area contributed by atoms with E-state index in [4.69, 9.17) is 28.9 Å². The van der Waals surface area contributed by atoms with Gasteiger partial charge in [0, 0.05) is 28.8 Å². The van der Waals surface area contributed by atoms with Gasteiger partial charge in [0.2, 0.25) is 5.91 Å². The Bertz CT molecular complexity index is 1510. The van der Waals surface area contributed by atoms with Crippen molar-refractivity contribution in [2.24, 2.45) is 23.2 Å². The monoisotopic (exact) mass is 633 g/mol. The Kier molecular flexibility index (Phi) is 12.4. The highest BCUT2D eigenvalue weighted by Crippen LogP contribution is 2.33. The highest BCUT2D eigenvalue weighted by Gasteiger charge is 2.32. The van der Waals surface area contributed by atoms with Gasteiger partial charge < -0.3 is 16.8 Å². The standard InChI is InChI=1S/C31H39ClF3N7O2/c1-20(30(37)44)7-5-11-26(22-10-6-9-21(15-22)8-3-4-14-39-2)41-19-40-25(17-29(41)43)24-16-23(32)12-13-27(24)42(38)18-28(36)31(33,34)35/h6,9-10,12-13,15-20,26,39H,3-5,7-8,11,14,36,38H2,1-2H3,(H2,37,44)/b28-18-. The van der Waals surface area contributed by atoms with Gasteiger partial charge in [0.1, 0.15) is 5.70 Å². The summed E-state index contributed by atoms with van der Waals surface area (Å²) in [5.41, 5.74) is 11.4. The Labute approximate surface area is 259 Å². The lowest BCUT2D eigenvalue weighted by molar-refractivity contribution is -0.121. The van der Waals surface area contributed by atoms with Gasteiger partial charge in [0.05, 0.1) is 23.8 Å². The summed E-state index contributed by atoms with van der Waals surface area (Å²) in [6, 6.07) is 13.3. The van der Waals surface area contributed by atoms with E-state index in [-0.39, 0.29) is 45.4 Å². The van der Waals surface area contributed by atoms with E-state index >= 15 is 0 Å². The number of aromatic nitrogens is 2. The van der Waals surface area contributed by atoms with E-state index in [2.05, 4.69) is 22.4 Å². The minimum atomic E-state index is -4.78. The molecular weight excluding hydrogens is 595 g/mol. The number of nitrogens with zero attached hydrogens (tertiary/aromatic N) is 3. The molecule has 238 valence electrons. The van der Waals surface area contributed by atoms with Gasteiger partial charge in [-0.25, -0.2) is 10.8 Å². The second kappa shape index (κ2) is 15.7. The smallest absolute Gasteiger partial charge is 0.393 e. The summed E-state index contributed by atoms with van der Waals surface area (Å²) in [6.45, 7) is 2.70. The van der Waals surface area contributed by atoms with Crippen LogP contribution in [0.15, 0.2) is 71.5 Å². The fraction of sp³-hybridized carbons (Fsp3) is 0.387. The van der Waals surface area contributed by atoms with E-state index in [9.17, 15) is 22.8 Å². The summed E-state index contributed by atoms with van der Waals surface area (Å²) in [4.78, 5) is 29.7. The van der Waals surface area contributed by atoms with Gasteiger partial charge in [-0.15, -0.1) is 0 Å². The zero-order valence-corrected chi connectivity index (χ0v) is 25.5. The lowest BCUT2D eigenvalue weighted by Gasteiger charge is -2.23. The summed E-state index contributed by atoms with van der Waals surface area (Å²) in [5, 5.41) is 4.13. The first-order chi connectivity index (χ1) is 20.8. The summed E-state index contributed by atoms with van der Waals surface area (Å²) >= 11 is 6.20. The summed E-state index contributed by atoms with van der Waals surface area (Å²) in [5.74, 6) is 5.23. The number of carbonyl (C=O) groups is 1. The Balaban J connectivity index is 2.00. The minimum absolute atomic E-state index is 0.106. The number of hydrogen-bond acceptors (Lipinski definition) is 7. The molecule has 1 heterocycles. The molecule has 9 nitrogen and oxygen atoms in total. The third kappa shape index (κ3) is 9.57. The molecule has 0 aliphatic carbocycles. The van der Waals surface area contributed by atoms with Gasteiger partial charge in [-0.2, -0.15) is 13.2 Å². The molecule has 44 heavy (non-hydrogen) atoms. The number of nitrogens with two attached hydrogens (primary N) is 3. The van der Waals surface area contributed by atoms with Gasteiger partial charge in [0.15, 0.2) is 0 Å². The number of anilines is 1. The first-order valence-electron chi connectivity index (χ1n) is 14.3. The van der Waals surface area contributed by atoms with Crippen LogP contribution in [0, 0.1) is 5.92 Å². The molecule has 3 rings (SSSR count). The minimum Gasteiger partial charge on any atom is -0.393 e. The van der Waals surface area contributed by atoms with Crippen LogP contribution in [0.3, 0.4) is 0 Å². The summed E-state index contributed by atoms with van der Waals surface area (Å²) in [6.07, 6.45) is 1.82. The van der Waals surface area contributed by atoms with Crippen LogP contribution in [-0.2, 0) is 11.2 Å². The normalized spacial score (nSPS) is 13.5. The third-order valence-electron chi connectivity index (χ3n) is 7.37. The van der Waals surface area contributed by atoms with Crippen molar-refractivity contribution in [2.45, 2.75) is 57.7 Å². The van der Waals surface area contributed by atoms with Crippen LogP contribution in [0.1, 0.15) is 56.2 Å². The number of hydrogen-bond donors (Lipinski definition) is 4. The van der Waals surface area contributed by atoms with Gasteiger partial charge >= 0.3 is 6.18 Å². The van der Waals surface area contributed by atoms with Crippen molar-refractivity contribution in [1.82, 2.24) is 14.9 Å². The predicted molar refractivity (Wildman–Crippen MR) is 168 cm³/mol. The molecule has 1 aromatic heterocycles. The van der Waals surface area contributed by atoms with Crippen LogP contribution in [0.4, 0.5) is 18.9 Å². The SMILES string of the molecule is CNCCCCc1cccc(C(CCCC(C)C(N)=O)n2cnc(-c3cc(Cl)ccc3N(N)/C=C(\N)C(F)(F)F)cc2=O)c1. The van der Waals surface area contributed by atoms with Gasteiger partial charge in [-0.05, 0) is 75.0 Å². The maximum absolute atomic E-state index is 13.6. The zero-order valence-electron chi connectivity index (χ0n) is 24.8. The summed E-state index contributed by atoms with van der Waals surface area (Å²) < 4.78 is 40.6. The molecule has 0 saturated carbocycles. The molecule has 1 amide bonds. The second-order valence-corrected chi connectivity index (χ2v) is 11.2. The van der Waals surface area contributed by atoms with Gasteiger partial charge in [-0.3, -0.25) is 19.2 Å². The second-order valence-electron chi connectivity index (χ2n) is 10.7. The number of alkyl halides is 3. The van der Waals surface area contributed by atoms with E-state index in [1.165, 1.54) is 35.2 Å². The van der Waals surface area contributed by atoms with Crippen molar-refractivity contribution in [3.63, 3.8) is 0 Å². The number of rotatable bonds is 15. The van der Waals surface area contributed by atoms with Crippen LogP contribution in [0.5, 0.6) is 0 Å². The molecule has 2 aromatic carbocycles. The molecule has 7 N–H and O–H groups in total. The number of halogens is 4. The van der Waals surface area contributed by atoms with Crippen LogP contribution in [0.2, 0.25) is 5.02 Å². The van der Waals surface area contributed by atoms with Crippen LogP contribution < -0.4 is 33.2 Å². The quantitative estimate of drug-likeness (QED) is 0.104. The van der Waals surface area contributed by atoms with E-state index in [0.29, 0.717) is 30.5 Å². The Morgan fingerprint density at radius 2 is 1.86 bits per heavy atom. The fourth-order valence-electron chi connectivity index (χ4n) is 4.84. The molecule has 2 unspecified atom stereocenters. The molecule has 13 heteroatoms. The molecule has 3 aromatic rings.